The van der Waals surface area contributed by atoms with Crippen molar-refractivity contribution in [3.05, 3.63) is 108 Å². The molecule has 1 aliphatic carbocycles. The van der Waals surface area contributed by atoms with Crippen LogP contribution in [0.25, 0.3) is 54.2 Å². The quantitative estimate of drug-likeness (QED) is 0.202. The van der Waals surface area contributed by atoms with Crippen LogP contribution in [-0.2, 0) is 9.53 Å². The zero-order chi connectivity index (χ0) is 22.8. The van der Waals surface area contributed by atoms with Crippen molar-refractivity contribution in [2.75, 3.05) is 6.61 Å². The van der Waals surface area contributed by atoms with Crippen LogP contribution in [0.4, 0.5) is 0 Å². The fourth-order valence-corrected chi connectivity index (χ4v) is 6.08. The molecule has 0 unspecified atom stereocenters. The van der Waals surface area contributed by atoms with E-state index in [9.17, 15) is 4.79 Å². The van der Waals surface area contributed by atoms with Crippen molar-refractivity contribution in [3.63, 3.8) is 0 Å². The van der Waals surface area contributed by atoms with Gasteiger partial charge in [0.05, 0.1) is 6.61 Å². The van der Waals surface area contributed by atoms with Gasteiger partial charge < -0.3 is 4.74 Å². The first-order valence-corrected chi connectivity index (χ1v) is 11.8. The summed E-state index contributed by atoms with van der Waals surface area (Å²) in [6.45, 7) is 2.24. The minimum atomic E-state index is -0.464. The molecule has 0 saturated heterocycles. The van der Waals surface area contributed by atoms with Crippen LogP contribution in [-0.4, -0.2) is 12.6 Å². The third kappa shape index (κ3) is 2.43. The largest absolute Gasteiger partial charge is 0.465 e. The van der Waals surface area contributed by atoms with Gasteiger partial charge in [0.1, 0.15) is 5.92 Å². The van der Waals surface area contributed by atoms with Gasteiger partial charge in [-0.05, 0) is 72.3 Å². The molecular weight excluding hydrogens is 416 g/mol. The number of esters is 1. The van der Waals surface area contributed by atoms with Crippen molar-refractivity contribution >= 4 is 49.1 Å². The van der Waals surface area contributed by atoms with Crippen molar-refractivity contribution in [1.29, 1.82) is 0 Å². The van der Waals surface area contributed by atoms with E-state index in [2.05, 4.69) is 97.1 Å². The van der Waals surface area contributed by atoms with Gasteiger partial charge in [-0.25, -0.2) is 0 Å². The average molecular weight is 439 g/mol. The van der Waals surface area contributed by atoms with E-state index in [1.807, 2.05) is 6.92 Å². The van der Waals surface area contributed by atoms with E-state index >= 15 is 0 Å². The number of ether oxygens (including phenoxy) is 1. The predicted octanol–water partition coefficient (Wildman–Crippen LogP) is 7.97. The molecular formula is C32H22O2. The lowest BCUT2D eigenvalue weighted by Gasteiger charge is -2.17. The molecule has 0 radical (unpaired) electrons. The first-order valence-electron chi connectivity index (χ1n) is 11.8. The molecule has 0 N–H and O–H groups in total. The zero-order valence-electron chi connectivity index (χ0n) is 18.8. The molecule has 0 amide bonds. The minimum absolute atomic E-state index is 0.177. The van der Waals surface area contributed by atoms with Gasteiger partial charge in [-0.3, -0.25) is 4.79 Å². The first-order chi connectivity index (χ1) is 16.8. The lowest BCUT2D eigenvalue weighted by atomic mass is 9.87. The third-order valence-electron chi connectivity index (χ3n) is 7.30. The Balaban J connectivity index is 1.80. The minimum Gasteiger partial charge on any atom is -0.465 e. The Hall–Kier alpha value is -4.17. The first kappa shape index (κ1) is 19.3. The maximum absolute atomic E-state index is 13.7. The normalized spacial score (nSPS) is 13.0. The molecule has 2 heteroatoms. The molecule has 0 aromatic heterocycles. The van der Waals surface area contributed by atoms with E-state index in [0.717, 1.165) is 21.9 Å². The molecule has 2 nitrogen and oxygen atoms in total. The summed E-state index contributed by atoms with van der Waals surface area (Å²) in [6, 6.07) is 34.1. The molecule has 34 heavy (non-hydrogen) atoms. The van der Waals surface area contributed by atoms with E-state index in [0.29, 0.717) is 6.61 Å². The van der Waals surface area contributed by atoms with Gasteiger partial charge in [-0.2, -0.15) is 0 Å². The smallest absolute Gasteiger partial charge is 0.318 e. The summed E-state index contributed by atoms with van der Waals surface area (Å²) >= 11 is 0. The lowest BCUT2D eigenvalue weighted by Crippen LogP contribution is -2.16. The van der Waals surface area contributed by atoms with Gasteiger partial charge in [0.2, 0.25) is 0 Å². The molecule has 0 heterocycles. The fraction of sp³-hybridized carbons (Fsp3) is 0.0938. The topological polar surface area (TPSA) is 26.3 Å². The Morgan fingerprint density at radius 1 is 0.559 bits per heavy atom. The highest BCUT2D eigenvalue weighted by Crippen LogP contribution is 2.56. The SMILES string of the molecule is CCOC(=O)C1c2c(c3ccccc3c3ccccc23)-c2c1c1ccccc1c1ccccc21. The van der Waals surface area contributed by atoms with Gasteiger partial charge in [-0.15, -0.1) is 0 Å². The molecule has 0 saturated carbocycles. The summed E-state index contributed by atoms with van der Waals surface area (Å²) in [5.41, 5.74) is 4.49. The Labute approximate surface area is 197 Å². The highest BCUT2D eigenvalue weighted by Gasteiger charge is 2.40. The molecule has 0 atom stereocenters. The summed E-state index contributed by atoms with van der Waals surface area (Å²) in [5, 5.41) is 9.39. The van der Waals surface area contributed by atoms with Crippen LogP contribution in [0.15, 0.2) is 97.1 Å². The van der Waals surface area contributed by atoms with Crippen molar-refractivity contribution in [2.45, 2.75) is 12.8 Å². The fourth-order valence-electron chi connectivity index (χ4n) is 6.08. The molecule has 6 aromatic carbocycles. The number of hydrogen-bond donors (Lipinski definition) is 0. The Kier molecular flexibility index (Phi) is 4.07. The van der Waals surface area contributed by atoms with Crippen LogP contribution in [0.5, 0.6) is 0 Å². The average Bonchev–Trinajstić information content (AvgIpc) is 3.26. The highest BCUT2D eigenvalue weighted by atomic mass is 16.5. The third-order valence-corrected chi connectivity index (χ3v) is 7.30. The maximum Gasteiger partial charge on any atom is 0.318 e. The van der Waals surface area contributed by atoms with Crippen LogP contribution in [0, 0.1) is 0 Å². The number of fused-ring (bicyclic) bond motifs is 13. The summed E-state index contributed by atoms with van der Waals surface area (Å²) in [4.78, 5) is 13.7. The van der Waals surface area contributed by atoms with Crippen molar-refractivity contribution < 1.29 is 9.53 Å². The monoisotopic (exact) mass is 438 g/mol. The van der Waals surface area contributed by atoms with E-state index in [-0.39, 0.29) is 5.97 Å². The van der Waals surface area contributed by atoms with Gasteiger partial charge >= 0.3 is 5.97 Å². The van der Waals surface area contributed by atoms with Crippen LogP contribution >= 0.6 is 0 Å². The van der Waals surface area contributed by atoms with E-state index in [4.69, 9.17) is 4.74 Å². The molecule has 162 valence electrons. The molecule has 6 aromatic rings. The van der Waals surface area contributed by atoms with Gasteiger partial charge in [-0.1, -0.05) is 97.1 Å². The molecule has 0 spiro atoms. The van der Waals surface area contributed by atoms with Crippen LogP contribution in [0.2, 0.25) is 0 Å². The van der Waals surface area contributed by atoms with E-state index < -0.39 is 5.92 Å². The highest BCUT2D eigenvalue weighted by molar-refractivity contribution is 6.27. The van der Waals surface area contributed by atoms with E-state index in [1.165, 1.54) is 43.4 Å². The standard InChI is InChI=1S/C32H22O2/c1-2-34-32(33)31-29-25-17-9-5-13-21(25)19-11-3-7-15-23(19)27(29)28-24-16-8-4-12-20(24)22-14-6-10-18-26(22)30(28)31/h3-18,31H,2H2,1H3. The van der Waals surface area contributed by atoms with Gasteiger partial charge in [0.15, 0.2) is 0 Å². The number of carbonyl (C=O) groups excluding carboxylic acids is 1. The number of carbonyl (C=O) groups is 1. The van der Waals surface area contributed by atoms with Crippen molar-refractivity contribution in [1.82, 2.24) is 0 Å². The number of benzene rings is 6. The number of hydrogen-bond acceptors (Lipinski definition) is 2. The van der Waals surface area contributed by atoms with Gasteiger partial charge in [0.25, 0.3) is 0 Å². The lowest BCUT2D eigenvalue weighted by molar-refractivity contribution is -0.143. The molecule has 7 rings (SSSR count). The Bertz CT molecular complexity index is 1670. The summed E-state index contributed by atoms with van der Waals surface area (Å²) in [5.74, 6) is -0.641. The Morgan fingerprint density at radius 2 is 0.882 bits per heavy atom. The second-order valence-electron chi connectivity index (χ2n) is 8.94. The second kappa shape index (κ2) is 7.16. The predicted molar refractivity (Wildman–Crippen MR) is 140 cm³/mol. The van der Waals surface area contributed by atoms with Crippen molar-refractivity contribution in [2.24, 2.45) is 0 Å². The van der Waals surface area contributed by atoms with Crippen LogP contribution in [0.3, 0.4) is 0 Å². The molecule has 1 aliphatic rings. The zero-order valence-corrected chi connectivity index (χ0v) is 18.8. The van der Waals surface area contributed by atoms with Crippen LogP contribution in [0.1, 0.15) is 24.0 Å². The molecule has 0 aliphatic heterocycles. The summed E-state index contributed by atoms with van der Waals surface area (Å²) < 4.78 is 5.72. The summed E-state index contributed by atoms with van der Waals surface area (Å²) in [6.07, 6.45) is 0. The molecule has 0 bridgehead atoms. The van der Waals surface area contributed by atoms with Gasteiger partial charge in [0, 0.05) is 0 Å². The molecule has 0 fully saturated rings. The Morgan fingerprint density at radius 3 is 1.26 bits per heavy atom. The van der Waals surface area contributed by atoms with E-state index in [1.54, 1.807) is 0 Å². The van der Waals surface area contributed by atoms with Crippen LogP contribution < -0.4 is 0 Å². The maximum atomic E-state index is 13.7. The second-order valence-corrected chi connectivity index (χ2v) is 8.94. The number of rotatable bonds is 2. The summed E-state index contributed by atoms with van der Waals surface area (Å²) in [7, 11) is 0. The van der Waals surface area contributed by atoms with Crippen molar-refractivity contribution in [3.8, 4) is 11.1 Å².